The molecular weight excluding hydrogens is 446 g/mol. The number of hydrogen-bond donors (Lipinski definition) is 0. The Balaban J connectivity index is 1.46. The number of nitriles is 1. The molecule has 4 rings (SSSR count). The predicted molar refractivity (Wildman–Crippen MR) is 136 cm³/mol. The minimum Gasteiger partial charge on any atom is -0.336 e. The highest BCUT2D eigenvalue weighted by Crippen LogP contribution is 2.38. The number of carbonyl (C=O) groups excluding carboxylic acids is 1. The molecule has 0 bridgehead atoms. The van der Waals surface area contributed by atoms with Crippen molar-refractivity contribution in [3.63, 3.8) is 0 Å². The molecule has 33 heavy (non-hydrogen) atoms. The Morgan fingerprint density at radius 2 is 1.58 bits per heavy atom. The molecule has 4 nitrogen and oxygen atoms in total. The predicted octanol–water partition coefficient (Wildman–Crippen LogP) is 6.10. The second-order valence-electron chi connectivity index (χ2n) is 8.33. The number of nitrogens with zero attached hydrogens (tertiary/aromatic N) is 3. The summed E-state index contributed by atoms with van der Waals surface area (Å²) in [5.74, 6) is 0.107. The maximum absolute atomic E-state index is 12.9. The maximum Gasteiger partial charge on any atom is 0.254 e. The van der Waals surface area contributed by atoms with Crippen LogP contribution in [0.25, 0.3) is 0 Å². The first-order chi connectivity index (χ1) is 15.9. The second-order valence-corrected chi connectivity index (χ2v) is 10.6. The van der Waals surface area contributed by atoms with Crippen LogP contribution in [0.15, 0.2) is 75.4 Å². The first kappa shape index (κ1) is 23.4. The van der Waals surface area contributed by atoms with E-state index in [4.69, 9.17) is 0 Å². The van der Waals surface area contributed by atoms with Gasteiger partial charge in [0.2, 0.25) is 0 Å². The maximum atomic E-state index is 12.9. The van der Waals surface area contributed by atoms with E-state index in [0.29, 0.717) is 18.7 Å². The first-order valence-electron chi connectivity index (χ1n) is 11.0. The Morgan fingerprint density at radius 1 is 0.879 bits per heavy atom. The van der Waals surface area contributed by atoms with Gasteiger partial charge in [-0.1, -0.05) is 36.0 Å². The third-order valence-corrected chi connectivity index (χ3v) is 7.96. The van der Waals surface area contributed by atoms with Crippen LogP contribution in [0.1, 0.15) is 32.6 Å². The van der Waals surface area contributed by atoms with Crippen molar-refractivity contribution in [3.8, 4) is 6.07 Å². The van der Waals surface area contributed by atoms with E-state index in [9.17, 15) is 10.1 Å². The zero-order valence-electron chi connectivity index (χ0n) is 19.2. The van der Waals surface area contributed by atoms with E-state index < -0.39 is 0 Å². The molecule has 0 N–H and O–H groups in total. The van der Waals surface area contributed by atoms with Crippen LogP contribution in [-0.4, -0.2) is 41.3 Å². The minimum atomic E-state index is 0.107. The third-order valence-electron chi connectivity index (χ3n) is 5.62. The van der Waals surface area contributed by atoms with Gasteiger partial charge in [0.15, 0.2) is 0 Å². The SMILES string of the molecule is Cc1cc(C)cc(Sc2ccc(C#N)cc2SN2CCN(C(=O)c3ccccc3C)CC2)c1. The number of piperazine rings is 1. The molecule has 0 radical (unpaired) electrons. The van der Waals surface area contributed by atoms with Crippen molar-refractivity contribution >= 4 is 29.6 Å². The minimum absolute atomic E-state index is 0.107. The van der Waals surface area contributed by atoms with Crippen LogP contribution >= 0.6 is 23.7 Å². The van der Waals surface area contributed by atoms with Gasteiger partial charge in [0.1, 0.15) is 0 Å². The Hall–Kier alpha value is -2.72. The molecule has 1 amide bonds. The fourth-order valence-corrected chi connectivity index (χ4v) is 6.19. The van der Waals surface area contributed by atoms with Gasteiger partial charge in [0, 0.05) is 46.4 Å². The highest BCUT2D eigenvalue weighted by atomic mass is 32.2. The van der Waals surface area contributed by atoms with Gasteiger partial charge in [-0.15, -0.1) is 0 Å². The zero-order valence-corrected chi connectivity index (χ0v) is 20.8. The van der Waals surface area contributed by atoms with Crippen molar-refractivity contribution in [2.75, 3.05) is 26.2 Å². The van der Waals surface area contributed by atoms with Crippen LogP contribution < -0.4 is 0 Å². The summed E-state index contributed by atoms with van der Waals surface area (Å²) in [7, 11) is 0. The van der Waals surface area contributed by atoms with Gasteiger partial charge >= 0.3 is 0 Å². The van der Waals surface area contributed by atoms with Crippen LogP contribution in [0.4, 0.5) is 0 Å². The molecule has 6 heteroatoms. The fourth-order valence-electron chi connectivity index (χ4n) is 3.96. The average molecular weight is 474 g/mol. The van der Waals surface area contributed by atoms with Crippen LogP contribution in [0.5, 0.6) is 0 Å². The van der Waals surface area contributed by atoms with Gasteiger partial charge in [-0.05, 0) is 85.8 Å². The highest BCUT2D eigenvalue weighted by molar-refractivity contribution is 8.01. The summed E-state index contributed by atoms with van der Waals surface area (Å²) in [4.78, 5) is 18.3. The van der Waals surface area contributed by atoms with Gasteiger partial charge in [0.25, 0.3) is 5.91 Å². The Kier molecular flexibility index (Phi) is 7.44. The molecule has 1 heterocycles. The smallest absolute Gasteiger partial charge is 0.254 e. The lowest BCUT2D eigenvalue weighted by Gasteiger charge is -2.34. The van der Waals surface area contributed by atoms with E-state index in [-0.39, 0.29) is 5.91 Å². The Bertz CT molecular complexity index is 1190. The van der Waals surface area contributed by atoms with Crippen molar-refractivity contribution in [2.45, 2.75) is 35.5 Å². The van der Waals surface area contributed by atoms with Gasteiger partial charge in [0.05, 0.1) is 11.6 Å². The molecule has 0 atom stereocenters. The summed E-state index contributed by atoms with van der Waals surface area (Å²) in [5.41, 5.74) is 4.95. The molecule has 1 aliphatic rings. The van der Waals surface area contributed by atoms with Gasteiger partial charge in [-0.3, -0.25) is 4.79 Å². The lowest BCUT2D eigenvalue weighted by molar-refractivity contribution is 0.0703. The number of hydrogen-bond acceptors (Lipinski definition) is 5. The lowest BCUT2D eigenvalue weighted by atomic mass is 10.1. The van der Waals surface area contributed by atoms with E-state index in [0.717, 1.165) is 34.0 Å². The molecule has 3 aromatic carbocycles. The molecule has 0 spiro atoms. The van der Waals surface area contributed by atoms with E-state index in [1.54, 1.807) is 23.7 Å². The number of rotatable bonds is 5. The van der Waals surface area contributed by atoms with Crippen molar-refractivity contribution in [1.82, 2.24) is 9.21 Å². The Labute approximate surface area is 204 Å². The molecule has 1 fully saturated rings. The van der Waals surface area contributed by atoms with Crippen LogP contribution in [0.2, 0.25) is 0 Å². The normalized spacial score (nSPS) is 14.2. The molecule has 1 aliphatic heterocycles. The van der Waals surface area contributed by atoms with Gasteiger partial charge in [-0.2, -0.15) is 5.26 Å². The summed E-state index contributed by atoms with van der Waals surface area (Å²) < 4.78 is 2.30. The first-order valence-corrected chi connectivity index (χ1v) is 12.6. The summed E-state index contributed by atoms with van der Waals surface area (Å²) in [5, 5.41) is 9.42. The summed E-state index contributed by atoms with van der Waals surface area (Å²) in [6, 6.07) is 22.5. The van der Waals surface area contributed by atoms with Crippen molar-refractivity contribution in [2.24, 2.45) is 0 Å². The third kappa shape index (κ3) is 5.80. The summed E-state index contributed by atoms with van der Waals surface area (Å²) in [6.45, 7) is 9.16. The molecule has 0 unspecified atom stereocenters. The van der Waals surface area contributed by atoms with Gasteiger partial charge < -0.3 is 4.90 Å². The van der Waals surface area contributed by atoms with Crippen LogP contribution in [-0.2, 0) is 0 Å². The number of amides is 1. The largest absolute Gasteiger partial charge is 0.336 e. The van der Waals surface area contributed by atoms with E-state index in [1.807, 2.05) is 54.3 Å². The average Bonchev–Trinajstić information content (AvgIpc) is 2.80. The van der Waals surface area contributed by atoms with E-state index in [2.05, 4.69) is 42.4 Å². The zero-order chi connectivity index (χ0) is 23.4. The quantitative estimate of drug-likeness (QED) is 0.419. The van der Waals surface area contributed by atoms with Crippen molar-refractivity contribution in [1.29, 1.82) is 5.26 Å². The molecule has 0 saturated carbocycles. The number of carbonyl (C=O) groups is 1. The molecular formula is C27H27N3OS2. The lowest BCUT2D eigenvalue weighted by Crippen LogP contribution is -2.46. The molecule has 3 aromatic rings. The standard InChI is InChI=1S/C27H27N3OS2/c1-19-14-20(2)16-23(15-19)32-25-9-8-22(18-28)17-26(25)33-30-12-10-29(11-13-30)27(31)24-7-5-4-6-21(24)3/h4-9,14-17H,10-13H2,1-3H3. The monoisotopic (exact) mass is 473 g/mol. The topological polar surface area (TPSA) is 47.3 Å². The van der Waals surface area contributed by atoms with Crippen LogP contribution in [0, 0.1) is 32.1 Å². The highest BCUT2D eigenvalue weighted by Gasteiger charge is 2.24. The fraction of sp³-hybridized carbons (Fsp3) is 0.259. The molecule has 0 aromatic heterocycles. The van der Waals surface area contributed by atoms with Crippen LogP contribution in [0.3, 0.4) is 0 Å². The summed E-state index contributed by atoms with van der Waals surface area (Å²) >= 11 is 3.42. The second kappa shape index (κ2) is 10.5. The van der Waals surface area contributed by atoms with E-state index >= 15 is 0 Å². The molecule has 0 aliphatic carbocycles. The van der Waals surface area contributed by atoms with Gasteiger partial charge in [-0.25, -0.2) is 4.31 Å². The number of aryl methyl sites for hydroxylation is 3. The number of benzene rings is 3. The molecule has 168 valence electrons. The van der Waals surface area contributed by atoms with Crippen molar-refractivity contribution < 1.29 is 4.79 Å². The summed E-state index contributed by atoms with van der Waals surface area (Å²) in [6.07, 6.45) is 0. The Morgan fingerprint density at radius 3 is 2.24 bits per heavy atom. The molecule has 1 saturated heterocycles. The van der Waals surface area contributed by atoms with E-state index in [1.165, 1.54) is 16.0 Å². The van der Waals surface area contributed by atoms with Crippen molar-refractivity contribution in [3.05, 3.63) is 88.5 Å².